The average Bonchev–Trinajstić information content (AvgIpc) is 3.31. The predicted octanol–water partition coefficient (Wildman–Crippen LogP) is 13.1. The molecule has 1 saturated heterocycles. The minimum Gasteiger partial charge on any atom is -0.394 e. The van der Waals surface area contributed by atoms with E-state index in [4.69, 9.17) is 9.47 Å². The van der Waals surface area contributed by atoms with Crippen LogP contribution in [0, 0.1) is 0 Å². The van der Waals surface area contributed by atoms with Crippen LogP contribution in [-0.4, -0.2) is 95.4 Å². The Bertz CT molecular complexity index is 1260. The Morgan fingerprint density at radius 2 is 0.926 bits per heavy atom. The number of hydrogen-bond donors (Lipinski definition) is 6. The Kier molecular flexibility index (Phi) is 43.6. The van der Waals surface area contributed by atoms with E-state index in [1.165, 1.54) is 212 Å². The van der Waals surface area contributed by atoms with Gasteiger partial charge >= 0.3 is 10.4 Å². The number of hydrogen-bond acceptors (Lipinski definition) is 10. The zero-order valence-corrected chi connectivity index (χ0v) is 44.5. The summed E-state index contributed by atoms with van der Waals surface area (Å²) >= 11 is 0. The van der Waals surface area contributed by atoms with E-state index >= 15 is 0 Å². The van der Waals surface area contributed by atoms with Crippen molar-refractivity contribution in [3.8, 4) is 0 Å². The third kappa shape index (κ3) is 37.6. The van der Waals surface area contributed by atoms with Crippen molar-refractivity contribution in [2.45, 2.75) is 320 Å². The van der Waals surface area contributed by atoms with Gasteiger partial charge in [-0.25, -0.2) is 4.18 Å². The second-order valence-corrected chi connectivity index (χ2v) is 21.3. The minimum atomic E-state index is -5.09. The Hall–Kier alpha value is -1.16. The maximum Gasteiger partial charge on any atom is 0.397 e. The molecule has 1 fully saturated rings. The molecule has 12 nitrogen and oxygen atoms in total. The molecule has 0 saturated carbocycles. The molecule has 1 heterocycles. The smallest absolute Gasteiger partial charge is 0.394 e. The molecule has 0 aromatic rings. The summed E-state index contributed by atoms with van der Waals surface area (Å²) in [6.45, 7) is 3.43. The fourth-order valence-corrected chi connectivity index (χ4v) is 9.91. The highest BCUT2D eigenvalue weighted by molar-refractivity contribution is 7.80. The molecular formula is C55H107NO11S. The quantitative estimate of drug-likeness (QED) is 0.0193. The van der Waals surface area contributed by atoms with Crippen molar-refractivity contribution in [3.63, 3.8) is 0 Å². The van der Waals surface area contributed by atoms with E-state index in [0.717, 1.165) is 38.5 Å². The molecule has 0 radical (unpaired) electrons. The molecule has 0 aromatic heterocycles. The van der Waals surface area contributed by atoms with Crippen LogP contribution in [0.25, 0.3) is 0 Å². The third-order valence-corrected chi connectivity index (χ3v) is 14.3. The summed E-state index contributed by atoms with van der Waals surface area (Å²) in [6, 6.07) is -0.939. The summed E-state index contributed by atoms with van der Waals surface area (Å²) in [6.07, 6.45) is 45.4. The molecule has 6 N–H and O–H groups in total. The van der Waals surface area contributed by atoms with Crippen molar-refractivity contribution in [1.29, 1.82) is 0 Å². The van der Waals surface area contributed by atoms with Crippen LogP contribution in [0.1, 0.15) is 277 Å². The first-order valence-corrected chi connectivity index (χ1v) is 29.9. The molecular weight excluding hydrogens is 883 g/mol. The van der Waals surface area contributed by atoms with Gasteiger partial charge < -0.3 is 35.2 Å². The Balaban J connectivity index is 2.36. The molecule has 1 aliphatic rings. The molecule has 68 heavy (non-hydrogen) atoms. The van der Waals surface area contributed by atoms with Crippen LogP contribution in [0.15, 0.2) is 12.2 Å². The summed E-state index contributed by atoms with van der Waals surface area (Å²) < 4.78 is 47.8. The van der Waals surface area contributed by atoms with E-state index in [2.05, 4.69) is 23.3 Å². The second-order valence-electron chi connectivity index (χ2n) is 20.2. The summed E-state index contributed by atoms with van der Waals surface area (Å²) in [7, 11) is -5.09. The number of aliphatic hydroxyl groups excluding tert-OH is 4. The largest absolute Gasteiger partial charge is 0.397 e. The van der Waals surface area contributed by atoms with E-state index in [0.29, 0.717) is 6.42 Å². The molecule has 7 atom stereocenters. The SMILES string of the molecule is CCCCCCCCCCCCCCCCC/C=C/C(O)C(COC1OC(CO)C(O)C(OS(=O)(=O)O)C1O)NC(=O)CCCCCCCCCCCCCCCCCCCCCCCCCC. The summed E-state index contributed by atoms with van der Waals surface area (Å²) in [4.78, 5) is 13.1. The summed E-state index contributed by atoms with van der Waals surface area (Å²) in [5.74, 6) is -0.256. The maximum absolute atomic E-state index is 13.1. The minimum absolute atomic E-state index is 0.256. The number of nitrogens with one attached hydrogen (secondary N) is 1. The van der Waals surface area contributed by atoms with Crippen molar-refractivity contribution >= 4 is 16.3 Å². The van der Waals surface area contributed by atoms with E-state index < -0.39 is 59.9 Å². The first kappa shape index (κ1) is 64.9. The normalized spacial score (nSPS) is 19.8. The van der Waals surface area contributed by atoms with Gasteiger partial charge in [-0.2, -0.15) is 8.42 Å². The highest BCUT2D eigenvalue weighted by Crippen LogP contribution is 2.26. The molecule has 0 aliphatic carbocycles. The van der Waals surface area contributed by atoms with Gasteiger partial charge in [-0.05, 0) is 19.3 Å². The number of unbranched alkanes of at least 4 members (excludes halogenated alkanes) is 38. The fraction of sp³-hybridized carbons (Fsp3) is 0.945. The van der Waals surface area contributed by atoms with Gasteiger partial charge in [-0.15, -0.1) is 0 Å². The predicted molar refractivity (Wildman–Crippen MR) is 278 cm³/mol. The van der Waals surface area contributed by atoms with Crippen LogP contribution < -0.4 is 5.32 Å². The lowest BCUT2D eigenvalue weighted by molar-refractivity contribution is -0.298. The molecule has 0 aromatic carbocycles. The van der Waals surface area contributed by atoms with Gasteiger partial charge in [0.2, 0.25) is 5.91 Å². The van der Waals surface area contributed by atoms with Crippen LogP contribution in [-0.2, 0) is 28.9 Å². The van der Waals surface area contributed by atoms with Crippen molar-refractivity contribution < 1.29 is 51.8 Å². The number of aliphatic hydroxyl groups is 4. The number of carbonyl (C=O) groups excluding carboxylic acids is 1. The molecule has 7 unspecified atom stereocenters. The van der Waals surface area contributed by atoms with Crippen molar-refractivity contribution in [1.82, 2.24) is 5.32 Å². The molecule has 1 amide bonds. The lowest BCUT2D eigenvalue weighted by Gasteiger charge is -2.41. The topological polar surface area (TPSA) is 192 Å². The molecule has 404 valence electrons. The first-order chi connectivity index (χ1) is 33.0. The zero-order valence-electron chi connectivity index (χ0n) is 43.7. The van der Waals surface area contributed by atoms with Gasteiger partial charge in [0.1, 0.15) is 24.4 Å². The third-order valence-electron chi connectivity index (χ3n) is 13.8. The van der Waals surface area contributed by atoms with Crippen LogP contribution in [0.5, 0.6) is 0 Å². The van der Waals surface area contributed by atoms with Gasteiger partial charge in [0.15, 0.2) is 6.29 Å². The Labute approximate surface area is 417 Å². The van der Waals surface area contributed by atoms with E-state index in [9.17, 15) is 38.2 Å². The van der Waals surface area contributed by atoms with Crippen molar-refractivity contribution in [2.75, 3.05) is 13.2 Å². The van der Waals surface area contributed by atoms with Gasteiger partial charge in [0, 0.05) is 6.42 Å². The highest BCUT2D eigenvalue weighted by Gasteiger charge is 2.48. The number of allylic oxidation sites excluding steroid dienone is 1. The zero-order chi connectivity index (χ0) is 49.8. The second kappa shape index (κ2) is 45.7. The Morgan fingerprint density at radius 3 is 1.28 bits per heavy atom. The standard InChI is InChI=1S/C55H107NO11S/c1-3-5-7-9-11-13-15-17-19-21-22-23-24-25-26-27-29-31-33-35-37-39-41-43-45-51(59)56-48(47-65-55-53(61)54(67-68(62,63)64)52(60)50(46-57)66-55)49(58)44-42-40-38-36-34-32-30-28-20-18-16-14-12-10-8-6-4-2/h42,44,48-50,52-55,57-58,60-61H,3-41,43,45-47H2,1-2H3,(H,56,59)(H,62,63,64)/b44-42+. The molecule has 13 heteroatoms. The lowest BCUT2D eigenvalue weighted by atomic mass is 9.99. The van der Waals surface area contributed by atoms with Gasteiger partial charge in [0.25, 0.3) is 0 Å². The van der Waals surface area contributed by atoms with Crippen LogP contribution in [0.3, 0.4) is 0 Å². The van der Waals surface area contributed by atoms with Crippen LogP contribution >= 0.6 is 0 Å². The van der Waals surface area contributed by atoms with Crippen molar-refractivity contribution in [3.05, 3.63) is 12.2 Å². The maximum atomic E-state index is 13.1. The first-order valence-electron chi connectivity index (χ1n) is 28.6. The molecule has 0 bridgehead atoms. The monoisotopic (exact) mass is 990 g/mol. The number of ether oxygens (including phenoxy) is 2. The number of carbonyl (C=O) groups is 1. The van der Waals surface area contributed by atoms with Crippen LogP contribution in [0.4, 0.5) is 0 Å². The number of rotatable bonds is 50. The van der Waals surface area contributed by atoms with Gasteiger partial charge in [0.05, 0.1) is 25.4 Å². The molecule has 1 aliphatic heterocycles. The molecule has 0 spiro atoms. The van der Waals surface area contributed by atoms with E-state index in [-0.39, 0.29) is 18.9 Å². The number of amides is 1. The van der Waals surface area contributed by atoms with Gasteiger partial charge in [-0.1, -0.05) is 264 Å². The molecule has 1 rings (SSSR count). The fourth-order valence-electron chi connectivity index (χ4n) is 9.40. The summed E-state index contributed by atoms with van der Waals surface area (Å²) in [5.41, 5.74) is 0. The Morgan fingerprint density at radius 1 is 0.574 bits per heavy atom. The van der Waals surface area contributed by atoms with Crippen molar-refractivity contribution in [2.24, 2.45) is 0 Å². The van der Waals surface area contributed by atoms with E-state index in [1.807, 2.05) is 6.08 Å². The van der Waals surface area contributed by atoms with Gasteiger partial charge in [-0.3, -0.25) is 9.35 Å². The summed E-state index contributed by atoms with van der Waals surface area (Å²) in [5, 5.41) is 44.9. The lowest BCUT2D eigenvalue weighted by Crippen LogP contribution is -2.61. The highest BCUT2D eigenvalue weighted by atomic mass is 32.3. The van der Waals surface area contributed by atoms with E-state index in [1.54, 1.807) is 6.08 Å². The average molecular weight is 991 g/mol. The van der Waals surface area contributed by atoms with Crippen LogP contribution in [0.2, 0.25) is 0 Å².